The molecule has 3 aromatic carbocycles. The number of nitrogens with zero attached hydrogens (tertiary/aromatic N) is 6. The van der Waals surface area contributed by atoms with Crippen molar-refractivity contribution in [3.63, 3.8) is 0 Å². The number of benzene rings is 3. The number of thiazole rings is 2. The highest BCUT2D eigenvalue weighted by atomic mass is 32.1. The fraction of sp³-hybridized carbons (Fsp3) is 0.293. The number of aromatic nitrogens is 4. The Morgan fingerprint density at radius 3 is 1.84 bits per heavy atom. The Kier molecular flexibility index (Phi) is 11.6. The fourth-order valence-electron chi connectivity index (χ4n) is 6.84. The van der Waals surface area contributed by atoms with Crippen molar-refractivity contribution in [3.05, 3.63) is 107 Å². The van der Waals surface area contributed by atoms with E-state index in [9.17, 15) is 4.79 Å². The number of para-hydroxylation sites is 2. The van der Waals surface area contributed by atoms with Gasteiger partial charge in [0.15, 0.2) is 21.4 Å². The third kappa shape index (κ3) is 8.28. The Balaban J connectivity index is 0.000000172. The van der Waals surface area contributed by atoms with E-state index in [1.165, 1.54) is 11.4 Å². The van der Waals surface area contributed by atoms with Gasteiger partial charge in [0.1, 0.15) is 0 Å². The van der Waals surface area contributed by atoms with E-state index in [-0.39, 0.29) is 5.91 Å². The smallest absolute Gasteiger partial charge is 0.255 e. The number of amides is 1. The maximum atomic E-state index is 13.0. The zero-order chi connectivity index (χ0) is 38.4. The molecule has 7 aromatic rings. The summed E-state index contributed by atoms with van der Waals surface area (Å²) in [5, 5.41) is 7.38. The van der Waals surface area contributed by atoms with Crippen molar-refractivity contribution in [2.24, 2.45) is 0 Å². The van der Waals surface area contributed by atoms with Gasteiger partial charge in [-0.05, 0) is 30.3 Å². The zero-order valence-electron chi connectivity index (χ0n) is 31.3. The van der Waals surface area contributed by atoms with Crippen molar-refractivity contribution in [3.8, 4) is 34.0 Å². The van der Waals surface area contributed by atoms with Crippen LogP contribution in [-0.2, 0) is 22.6 Å². The predicted octanol–water partition coefficient (Wildman–Crippen LogP) is 6.64. The van der Waals surface area contributed by atoms with E-state index in [2.05, 4.69) is 40.9 Å². The average molecular weight is 793 g/mol. The monoisotopic (exact) mass is 792 g/mol. The second-order valence-electron chi connectivity index (χ2n) is 13.4. The molecule has 0 atom stereocenters. The Bertz CT molecular complexity index is 2430. The molecule has 2 aliphatic heterocycles. The van der Waals surface area contributed by atoms with E-state index < -0.39 is 0 Å². The normalized spacial score (nSPS) is 15.1. The number of fused-ring (bicyclic) bond motifs is 2. The Morgan fingerprint density at radius 2 is 1.27 bits per heavy atom. The van der Waals surface area contributed by atoms with Crippen LogP contribution in [0.5, 0.6) is 11.5 Å². The van der Waals surface area contributed by atoms with Crippen molar-refractivity contribution < 1.29 is 23.7 Å². The first-order valence-electron chi connectivity index (χ1n) is 18.5. The highest BCUT2D eigenvalue weighted by Crippen LogP contribution is 2.32. The molecule has 15 heteroatoms. The average Bonchev–Trinajstić information content (AvgIpc) is 4.03. The number of hydrogen-bond acceptors (Lipinski definition) is 12. The number of nitrogen functional groups attached to an aromatic ring is 1. The van der Waals surface area contributed by atoms with E-state index in [0.29, 0.717) is 22.7 Å². The van der Waals surface area contributed by atoms with Crippen molar-refractivity contribution in [2.75, 3.05) is 77.9 Å². The Morgan fingerprint density at radius 1 is 0.732 bits per heavy atom. The van der Waals surface area contributed by atoms with Crippen LogP contribution in [0.1, 0.15) is 21.7 Å². The minimum Gasteiger partial charge on any atom is -0.493 e. The highest BCUT2D eigenvalue weighted by Gasteiger charge is 2.19. The highest BCUT2D eigenvalue weighted by molar-refractivity contribution is 7.15. The number of carbonyl (C=O) groups is 1. The third-order valence-corrected chi connectivity index (χ3v) is 11.7. The van der Waals surface area contributed by atoms with Gasteiger partial charge in [-0.2, -0.15) is 0 Å². The third-order valence-electron chi connectivity index (χ3n) is 9.88. The van der Waals surface area contributed by atoms with Crippen molar-refractivity contribution in [1.82, 2.24) is 28.6 Å². The van der Waals surface area contributed by atoms with Crippen LogP contribution < -0.4 is 20.5 Å². The standard InChI is InChI=1S/C25H26N4O4S.C16H18N4OS/c1-31-22-8-7-17(13-23(22)32-2)24(30)26-20-6-4-3-5-19(20)21-15-29-18(16-34-25(29)27-21)14-28-9-11-33-12-10-28;17-14-4-2-1-3-13(14)15-10-20-12(11-22-16(20)18-15)9-19-5-7-21-8-6-19/h3-8,13,15-16H,9-12,14H2,1-2H3,(H,26,30);1-4,10-11H,5-9,17H2. The maximum Gasteiger partial charge on any atom is 0.255 e. The summed E-state index contributed by atoms with van der Waals surface area (Å²) in [6, 6.07) is 20.7. The molecule has 2 saturated heterocycles. The van der Waals surface area contributed by atoms with Gasteiger partial charge in [-0.15, -0.1) is 22.7 Å². The number of nitrogens with one attached hydrogen (secondary N) is 1. The molecular formula is C41H44N8O5S2. The first-order chi connectivity index (χ1) is 27.5. The molecule has 13 nitrogen and oxygen atoms in total. The van der Waals surface area contributed by atoms with Gasteiger partial charge in [-0.3, -0.25) is 23.4 Å². The van der Waals surface area contributed by atoms with Crippen molar-refractivity contribution in [1.29, 1.82) is 0 Å². The van der Waals surface area contributed by atoms with Crippen LogP contribution in [0, 0.1) is 0 Å². The molecule has 2 fully saturated rings. The van der Waals surface area contributed by atoms with Gasteiger partial charge in [0.25, 0.3) is 5.91 Å². The molecule has 0 bridgehead atoms. The van der Waals surface area contributed by atoms with Gasteiger partial charge in [0.05, 0.1) is 57.7 Å². The molecule has 1 amide bonds. The second-order valence-corrected chi connectivity index (χ2v) is 15.1. The number of rotatable bonds is 10. The van der Waals surface area contributed by atoms with Gasteiger partial charge in [0, 0.05) is 96.2 Å². The van der Waals surface area contributed by atoms with E-state index in [1.54, 1.807) is 55.1 Å². The fourth-order valence-corrected chi connectivity index (χ4v) is 8.57. The number of ether oxygens (including phenoxy) is 4. The number of carbonyl (C=O) groups excluding carboxylic acids is 1. The maximum absolute atomic E-state index is 13.0. The van der Waals surface area contributed by atoms with Crippen LogP contribution in [0.2, 0.25) is 0 Å². The second kappa shape index (κ2) is 17.2. The number of hydrogen-bond donors (Lipinski definition) is 2. The molecular weight excluding hydrogens is 749 g/mol. The summed E-state index contributed by atoms with van der Waals surface area (Å²) in [4.78, 5) is 29.3. The molecule has 3 N–H and O–H groups in total. The van der Waals surface area contributed by atoms with Gasteiger partial charge in [-0.1, -0.05) is 36.4 Å². The minimum absolute atomic E-state index is 0.234. The molecule has 0 spiro atoms. The van der Waals surface area contributed by atoms with Crippen molar-refractivity contribution in [2.45, 2.75) is 13.1 Å². The molecule has 0 saturated carbocycles. The summed E-state index contributed by atoms with van der Waals surface area (Å²) in [6.45, 7) is 8.83. The molecule has 6 heterocycles. The summed E-state index contributed by atoms with van der Waals surface area (Å²) in [5.74, 6) is 0.846. The van der Waals surface area contributed by atoms with E-state index in [4.69, 9.17) is 34.6 Å². The molecule has 56 heavy (non-hydrogen) atoms. The SMILES string of the molecule is COc1ccc(C(=O)Nc2ccccc2-c2cn3c(CN4CCOCC4)csc3n2)cc1OC.Nc1ccccc1-c1cn2c(CN3CCOCC3)csc2n1. The summed E-state index contributed by atoms with van der Waals surface area (Å²) in [6.07, 6.45) is 4.14. The first kappa shape index (κ1) is 37.6. The van der Waals surface area contributed by atoms with Crippen LogP contribution in [0.15, 0.2) is 89.9 Å². The van der Waals surface area contributed by atoms with Gasteiger partial charge in [0.2, 0.25) is 0 Å². The predicted molar refractivity (Wildman–Crippen MR) is 221 cm³/mol. The van der Waals surface area contributed by atoms with Gasteiger partial charge in [-0.25, -0.2) is 9.97 Å². The van der Waals surface area contributed by atoms with Crippen LogP contribution in [0.3, 0.4) is 0 Å². The molecule has 2 aliphatic rings. The number of imidazole rings is 2. The molecule has 4 aromatic heterocycles. The van der Waals surface area contributed by atoms with Gasteiger partial charge < -0.3 is 30.0 Å². The first-order valence-corrected chi connectivity index (χ1v) is 20.2. The molecule has 9 rings (SSSR count). The number of nitrogens with two attached hydrogens (primary N) is 1. The lowest BCUT2D eigenvalue weighted by atomic mass is 10.1. The van der Waals surface area contributed by atoms with Crippen LogP contribution >= 0.6 is 22.7 Å². The van der Waals surface area contributed by atoms with Gasteiger partial charge >= 0.3 is 0 Å². The number of methoxy groups -OCH3 is 2. The molecule has 0 aliphatic carbocycles. The van der Waals surface area contributed by atoms with Crippen molar-refractivity contribution >= 4 is 49.9 Å². The van der Waals surface area contributed by atoms with E-state index >= 15 is 0 Å². The van der Waals surface area contributed by atoms with E-state index in [0.717, 1.165) is 104 Å². The lowest BCUT2D eigenvalue weighted by molar-refractivity contribution is 0.0335. The number of anilines is 2. The zero-order valence-corrected chi connectivity index (χ0v) is 33.0. The van der Waals surface area contributed by atoms with E-state index in [1.807, 2.05) is 54.7 Å². The summed E-state index contributed by atoms with van der Waals surface area (Å²) >= 11 is 3.30. The number of morpholine rings is 2. The minimum atomic E-state index is -0.234. The molecule has 0 unspecified atom stereocenters. The van der Waals surface area contributed by atoms with Crippen LogP contribution in [0.25, 0.3) is 32.4 Å². The quantitative estimate of drug-likeness (QED) is 0.145. The largest absolute Gasteiger partial charge is 0.493 e. The van der Waals surface area contributed by atoms with Crippen LogP contribution in [0.4, 0.5) is 11.4 Å². The summed E-state index contributed by atoms with van der Waals surface area (Å²) in [5.41, 5.74) is 14.1. The summed E-state index contributed by atoms with van der Waals surface area (Å²) in [7, 11) is 3.11. The Labute approximate surface area is 332 Å². The van der Waals surface area contributed by atoms with Crippen LogP contribution in [-0.4, -0.2) is 101 Å². The molecule has 290 valence electrons. The lowest BCUT2D eigenvalue weighted by Crippen LogP contribution is -2.35. The topological polar surface area (TPSA) is 133 Å². The lowest BCUT2D eigenvalue weighted by Gasteiger charge is -2.26. The Hall–Kier alpha value is -5.29. The molecule has 0 radical (unpaired) electrons. The summed E-state index contributed by atoms with van der Waals surface area (Å²) < 4.78 is 25.8.